The molecule has 1 saturated heterocycles. The number of nitrogens with one attached hydrogen (secondary N) is 1. The Kier molecular flexibility index (Phi) is 8.30. The normalized spacial score (nSPS) is 14.1. The van der Waals surface area contributed by atoms with E-state index < -0.39 is 5.97 Å². The van der Waals surface area contributed by atoms with Crippen molar-refractivity contribution in [2.45, 2.75) is 13.8 Å². The lowest BCUT2D eigenvalue weighted by atomic mass is 10.1. The number of hydrogen-bond donors (Lipinski definition) is 2. The lowest BCUT2D eigenvalue weighted by Crippen LogP contribution is -2.50. The van der Waals surface area contributed by atoms with Crippen molar-refractivity contribution in [2.24, 2.45) is 0 Å². The average Bonchev–Trinajstić information content (AvgIpc) is 2.80. The molecule has 2 aromatic carbocycles. The molecule has 2 N–H and O–H groups in total. The molecule has 0 unspecified atom stereocenters. The first-order valence-corrected chi connectivity index (χ1v) is 11.4. The second kappa shape index (κ2) is 11.2. The first-order chi connectivity index (χ1) is 15.8. The van der Waals surface area contributed by atoms with Crippen LogP contribution in [0, 0.1) is 0 Å². The quantitative estimate of drug-likeness (QED) is 0.612. The number of benzene rings is 2. The molecule has 9 heteroatoms. The summed E-state index contributed by atoms with van der Waals surface area (Å²) in [5.74, 6) is -1.32. The van der Waals surface area contributed by atoms with Crippen molar-refractivity contribution >= 4 is 40.8 Å². The van der Waals surface area contributed by atoms with Gasteiger partial charge < -0.3 is 20.2 Å². The highest BCUT2D eigenvalue weighted by molar-refractivity contribution is 6.31. The lowest BCUT2D eigenvalue weighted by Gasteiger charge is -2.37. The second-order valence-corrected chi connectivity index (χ2v) is 8.27. The summed E-state index contributed by atoms with van der Waals surface area (Å²) >= 11 is 6.00. The highest BCUT2D eigenvalue weighted by Gasteiger charge is 2.23. The van der Waals surface area contributed by atoms with E-state index in [4.69, 9.17) is 11.6 Å². The van der Waals surface area contributed by atoms with Gasteiger partial charge in [-0.1, -0.05) is 17.7 Å². The molecular weight excluding hydrogens is 444 g/mol. The van der Waals surface area contributed by atoms with Crippen molar-refractivity contribution < 1.29 is 19.5 Å². The fourth-order valence-electron chi connectivity index (χ4n) is 3.88. The smallest absolute Gasteiger partial charge is 0.335 e. The van der Waals surface area contributed by atoms with Crippen LogP contribution in [0.2, 0.25) is 5.02 Å². The van der Waals surface area contributed by atoms with Crippen LogP contribution < -0.4 is 10.2 Å². The summed E-state index contributed by atoms with van der Waals surface area (Å²) in [5, 5.41) is 12.7. The van der Waals surface area contributed by atoms with E-state index >= 15 is 0 Å². The molecule has 8 nitrogen and oxygen atoms in total. The fourth-order valence-corrected chi connectivity index (χ4v) is 4.07. The Labute approximate surface area is 198 Å². The SMILES string of the molecule is CCN(CC)C(=O)CN1CCN(c2ccc(C(=O)O)cc2NC(=O)c2cccc(Cl)c2)CC1. The van der Waals surface area contributed by atoms with E-state index in [1.54, 1.807) is 30.3 Å². The van der Waals surface area contributed by atoms with Crippen LogP contribution in [0.3, 0.4) is 0 Å². The zero-order chi connectivity index (χ0) is 24.0. The summed E-state index contributed by atoms with van der Waals surface area (Å²) < 4.78 is 0. The number of rotatable bonds is 8. The monoisotopic (exact) mass is 472 g/mol. The summed E-state index contributed by atoms with van der Waals surface area (Å²) in [6.07, 6.45) is 0. The largest absolute Gasteiger partial charge is 0.478 e. The third-order valence-corrected chi connectivity index (χ3v) is 6.00. The molecule has 0 spiro atoms. The third-order valence-electron chi connectivity index (χ3n) is 5.77. The summed E-state index contributed by atoms with van der Waals surface area (Å²) in [6.45, 7) is 8.40. The van der Waals surface area contributed by atoms with Gasteiger partial charge in [0.05, 0.1) is 23.5 Å². The van der Waals surface area contributed by atoms with Gasteiger partial charge in [0, 0.05) is 49.9 Å². The maximum absolute atomic E-state index is 12.8. The molecule has 33 heavy (non-hydrogen) atoms. The Balaban J connectivity index is 1.74. The van der Waals surface area contributed by atoms with Gasteiger partial charge in [-0.3, -0.25) is 14.5 Å². The minimum atomic E-state index is -1.07. The lowest BCUT2D eigenvalue weighted by molar-refractivity contribution is -0.132. The van der Waals surface area contributed by atoms with E-state index in [0.717, 1.165) is 5.69 Å². The first kappa shape index (κ1) is 24.5. The number of hydrogen-bond acceptors (Lipinski definition) is 5. The minimum absolute atomic E-state index is 0.0867. The van der Waals surface area contributed by atoms with Crippen molar-refractivity contribution in [1.82, 2.24) is 9.80 Å². The van der Waals surface area contributed by atoms with Crippen molar-refractivity contribution in [1.29, 1.82) is 0 Å². The average molecular weight is 473 g/mol. The molecule has 2 amide bonds. The molecule has 1 aliphatic rings. The van der Waals surface area contributed by atoms with Gasteiger partial charge in [0.15, 0.2) is 0 Å². The van der Waals surface area contributed by atoms with Crippen molar-refractivity contribution in [3.05, 3.63) is 58.6 Å². The van der Waals surface area contributed by atoms with Crippen molar-refractivity contribution in [3.8, 4) is 0 Å². The van der Waals surface area contributed by atoms with Gasteiger partial charge in [0.25, 0.3) is 5.91 Å². The van der Waals surface area contributed by atoms with E-state index in [0.29, 0.717) is 62.1 Å². The Morgan fingerprint density at radius 1 is 1.00 bits per heavy atom. The molecule has 0 saturated carbocycles. The Morgan fingerprint density at radius 2 is 1.70 bits per heavy atom. The molecule has 1 fully saturated rings. The number of anilines is 2. The number of aromatic carboxylic acids is 1. The highest BCUT2D eigenvalue weighted by atomic mass is 35.5. The number of carbonyl (C=O) groups is 3. The van der Waals surface area contributed by atoms with Crippen molar-refractivity contribution in [2.75, 3.05) is 56.0 Å². The number of carboxylic acid groups (broad SMARTS) is 1. The fraction of sp³-hybridized carbons (Fsp3) is 0.375. The topological polar surface area (TPSA) is 93.2 Å². The molecule has 2 aromatic rings. The zero-order valence-electron chi connectivity index (χ0n) is 18.9. The van der Waals surface area contributed by atoms with Crippen LogP contribution in [-0.2, 0) is 4.79 Å². The molecule has 0 bridgehead atoms. The standard InChI is InChI=1S/C24H29ClN4O4/c1-3-28(4-2)22(30)16-27-10-12-29(13-11-27)21-9-8-18(24(32)33)15-20(21)26-23(31)17-6-5-7-19(25)14-17/h5-9,14-15H,3-4,10-13,16H2,1-2H3,(H,26,31)(H,32,33). The summed E-state index contributed by atoms with van der Waals surface area (Å²) in [7, 11) is 0. The van der Waals surface area contributed by atoms with Crippen LogP contribution in [0.25, 0.3) is 0 Å². The molecule has 3 rings (SSSR count). The predicted octanol–water partition coefficient (Wildman–Crippen LogP) is 3.28. The molecule has 0 aromatic heterocycles. The maximum Gasteiger partial charge on any atom is 0.335 e. The van der Waals surface area contributed by atoms with Crippen LogP contribution in [0.1, 0.15) is 34.6 Å². The number of piperazine rings is 1. The van der Waals surface area contributed by atoms with Gasteiger partial charge in [-0.15, -0.1) is 0 Å². The molecule has 0 aliphatic carbocycles. The van der Waals surface area contributed by atoms with Gasteiger partial charge in [-0.2, -0.15) is 0 Å². The minimum Gasteiger partial charge on any atom is -0.478 e. The van der Waals surface area contributed by atoms with E-state index in [-0.39, 0.29) is 17.4 Å². The van der Waals surface area contributed by atoms with Crippen LogP contribution >= 0.6 is 11.6 Å². The van der Waals surface area contributed by atoms with Crippen LogP contribution in [-0.4, -0.2) is 78.5 Å². The highest BCUT2D eigenvalue weighted by Crippen LogP contribution is 2.29. The maximum atomic E-state index is 12.8. The molecule has 1 aliphatic heterocycles. The van der Waals surface area contributed by atoms with Gasteiger partial charge >= 0.3 is 5.97 Å². The molecule has 176 valence electrons. The second-order valence-electron chi connectivity index (χ2n) is 7.83. The predicted molar refractivity (Wildman–Crippen MR) is 129 cm³/mol. The van der Waals surface area contributed by atoms with E-state index in [1.807, 2.05) is 18.7 Å². The first-order valence-electron chi connectivity index (χ1n) is 11.0. The van der Waals surface area contributed by atoms with Crippen LogP contribution in [0.4, 0.5) is 11.4 Å². The number of likely N-dealkylation sites (N-methyl/N-ethyl adjacent to an activating group) is 1. The van der Waals surface area contributed by atoms with Crippen LogP contribution in [0.15, 0.2) is 42.5 Å². The number of amides is 2. The van der Waals surface area contributed by atoms with Gasteiger partial charge in [-0.05, 0) is 50.2 Å². The summed E-state index contributed by atoms with van der Waals surface area (Å²) in [6, 6.07) is 11.3. The zero-order valence-corrected chi connectivity index (χ0v) is 19.6. The molecular formula is C24H29ClN4O4. The van der Waals surface area contributed by atoms with E-state index in [2.05, 4.69) is 15.1 Å². The number of carbonyl (C=O) groups excluding carboxylic acids is 2. The number of carboxylic acids is 1. The summed E-state index contributed by atoms with van der Waals surface area (Å²) in [4.78, 5) is 42.7. The number of halogens is 1. The molecule has 1 heterocycles. The van der Waals surface area contributed by atoms with Gasteiger partial charge in [0.1, 0.15) is 0 Å². The Morgan fingerprint density at radius 3 is 2.30 bits per heavy atom. The molecule has 0 radical (unpaired) electrons. The Bertz CT molecular complexity index is 1020. The third kappa shape index (κ3) is 6.24. The molecule has 0 atom stereocenters. The van der Waals surface area contributed by atoms with Crippen LogP contribution in [0.5, 0.6) is 0 Å². The van der Waals surface area contributed by atoms with Gasteiger partial charge in [0.2, 0.25) is 5.91 Å². The van der Waals surface area contributed by atoms with Crippen molar-refractivity contribution in [3.63, 3.8) is 0 Å². The van der Waals surface area contributed by atoms with E-state index in [1.165, 1.54) is 12.1 Å². The Hall–Kier alpha value is -3.10. The summed E-state index contributed by atoms with van der Waals surface area (Å²) in [5.41, 5.74) is 1.63. The van der Waals surface area contributed by atoms with E-state index in [9.17, 15) is 19.5 Å². The van der Waals surface area contributed by atoms with Gasteiger partial charge in [-0.25, -0.2) is 4.79 Å². The number of nitrogens with zero attached hydrogens (tertiary/aromatic N) is 3.